The summed E-state index contributed by atoms with van der Waals surface area (Å²) >= 11 is 0. The van der Waals surface area contributed by atoms with E-state index < -0.39 is 11.4 Å². The molecule has 9 atom stereocenters. The van der Waals surface area contributed by atoms with Crippen molar-refractivity contribution < 1.29 is 19.8 Å². The van der Waals surface area contributed by atoms with Gasteiger partial charge in [0.1, 0.15) is 11.2 Å². The molecule has 0 aromatic carbocycles. The van der Waals surface area contributed by atoms with Gasteiger partial charge in [-0.05, 0) is 92.8 Å². The molecular formula is C29H42O4. The molecule has 0 saturated heterocycles. The van der Waals surface area contributed by atoms with Crippen LogP contribution in [0.2, 0.25) is 0 Å². The Balaban J connectivity index is 1.49. The number of allylic oxidation sites excluding steroid dienone is 1. The summed E-state index contributed by atoms with van der Waals surface area (Å²) in [6, 6.07) is 0. The molecule has 3 saturated carbocycles. The number of rotatable bonds is 6. The molecule has 4 rings (SSSR count). The molecule has 4 aliphatic rings. The number of carboxylic acids is 1. The number of aliphatic carboxylic acids is 1. The van der Waals surface area contributed by atoms with Crippen LogP contribution in [0.15, 0.2) is 11.6 Å². The second-order valence-electron chi connectivity index (χ2n) is 12.5. The highest BCUT2D eigenvalue weighted by atomic mass is 16.4. The predicted molar refractivity (Wildman–Crippen MR) is 129 cm³/mol. The summed E-state index contributed by atoms with van der Waals surface area (Å²) in [5.74, 6) is 3.87. The van der Waals surface area contributed by atoms with Gasteiger partial charge in [-0.1, -0.05) is 44.8 Å². The number of aliphatic hydroxyl groups excluding tert-OH is 1. The Hall–Kier alpha value is -1.60. The first-order valence-corrected chi connectivity index (χ1v) is 13.1. The molecule has 2 N–H and O–H groups in total. The highest BCUT2D eigenvalue weighted by Gasteiger charge is 2.61. The zero-order chi connectivity index (χ0) is 24.2. The number of carboxylic acid groups (broad SMARTS) is 1. The van der Waals surface area contributed by atoms with Crippen molar-refractivity contribution in [1.29, 1.82) is 0 Å². The Bertz CT molecular complexity index is 883. The molecule has 182 valence electrons. The van der Waals surface area contributed by atoms with Gasteiger partial charge in [0.05, 0.1) is 6.10 Å². The molecule has 0 heterocycles. The highest BCUT2D eigenvalue weighted by molar-refractivity contribution is 5.85. The Labute approximate surface area is 199 Å². The van der Waals surface area contributed by atoms with E-state index in [1.54, 1.807) is 6.92 Å². The number of carbonyl (C=O) groups excluding carboxylic acids is 1. The lowest BCUT2D eigenvalue weighted by atomic mass is 9.47. The van der Waals surface area contributed by atoms with Gasteiger partial charge in [-0.25, -0.2) is 0 Å². The van der Waals surface area contributed by atoms with Crippen LogP contribution in [0.1, 0.15) is 91.9 Å². The molecule has 0 aromatic heterocycles. The number of Topliss-reactive ketones (excluding diaryl/α,β-unsaturated/α-hetero) is 1. The van der Waals surface area contributed by atoms with Crippen molar-refractivity contribution in [3.8, 4) is 12.3 Å². The molecule has 0 aromatic rings. The van der Waals surface area contributed by atoms with E-state index in [0.29, 0.717) is 36.4 Å². The molecule has 0 amide bonds. The number of terminal acetylenes is 1. The Morgan fingerprint density at radius 3 is 2.67 bits per heavy atom. The Kier molecular flexibility index (Phi) is 6.36. The zero-order valence-corrected chi connectivity index (χ0v) is 20.9. The van der Waals surface area contributed by atoms with E-state index in [2.05, 4.69) is 32.8 Å². The number of carbonyl (C=O) groups is 2. The molecule has 4 aliphatic carbocycles. The van der Waals surface area contributed by atoms with Gasteiger partial charge in [-0.2, -0.15) is 0 Å². The SMILES string of the molecule is C#C[C@](C)(CCCC(C)[C@H]1C(=O)CC2C3CC=C4CC(O)CC[C@]4(C)C3CC[C@@]21C)C(=O)O. The predicted octanol–water partition coefficient (Wildman–Crippen LogP) is 5.64. The van der Waals surface area contributed by atoms with Gasteiger partial charge in [-0.15, -0.1) is 6.42 Å². The Morgan fingerprint density at radius 2 is 2.00 bits per heavy atom. The van der Waals surface area contributed by atoms with E-state index in [1.165, 1.54) is 12.0 Å². The van der Waals surface area contributed by atoms with E-state index in [-0.39, 0.29) is 28.8 Å². The average molecular weight is 455 g/mol. The van der Waals surface area contributed by atoms with Gasteiger partial charge in [0, 0.05) is 12.3 Å². The number of ketones is 1. The fourth-order valence-corrected chi connectivity index (χ4v) is 8.62. The first-order valence-electron chi connectivity index (χ1n) is 13.1. The second-order valence-corrected chi connectivity index (χ2v) is 12.5. The van der Waals surface area contributed by atoms with Crippen LogP contribution < -0.4 is 0 Å². The number of fused-ring (bicyclic) bond motifs is 5. The maximum Gasteiger partial charge on any atom is 0.321 e. The van der Waals surface area contributed by atoms with Crippen LogP contribution >= 0.6 is 0 Å². The van der Waals surface area contributed by atoms with Crippen molar-refractivity contribution in [2.24, 2.45) is 45.8 Å². The van der Waals surface area contributed by atoms with Crippen LogP contribution in [0.5, 0.6) is 0 Å². The molecule has 4 heteroatoms. The van der Waals surface area contributed by atoms with Crippen molar-refractivity contribution in [1.82, 2.24) is 0 Å². The smallest absolute Gasteiger partial charge is 0.321 e. The quantitative estimate of drug-likeness (QED) is 0.402. The second kappa shape index (κ2) is 8.56. The number of hydrogen-bond donors (Lipinski definition) is 2. The third-order valence-corrected chi connectivity index (χ3v) is 10.7. The zero-order valence-electron chi connectivity index (χ0n) is 20.9. The lowest BCUT2D eigenvalue weighted by Gasteiger charge is -2.58. The largest absolute Gasteiger partial charge is 0.480 e. The third kappa shape index (κ3) is 3.89. The summed E-state index contributed by atoms with van der Waals surface area (Å²) in [5, 5.41) is 19.7. The summed E-state index contributed by atoms with van der Waals surface area (Å²) in [6.45, 7) is 8.61. The molecule has 33 heavy (non-hydrogen) atoms. The van der Waals surface area contributed by atoms with E-state index in [1.807, 2.05) is 0 Å². The summed E-state index contributed by atoms with van der Waals surface area (Å²) in [4.78, 5) is 25.0. The van der Waals surface area contributed by atoms with Crippen molar-refractivity contribution in [2.75, 3.05) is 0 Å². The lowest BCUT2D eigenvalue weighted by Crippen LogP contribution is -2.51. The maximum atomic E-state index is 13.4. The molecule has 0 spiro atoms. The Morgan fingerprint density at radius 1 is 1.27 bits per heavy atom. The van der Waals surface area contributed by atoms with Crippen LogP contribution in [-0.2, 0) is 9.59 Å². The average Bonchev–Trinajstić information content (AvgIpc) is 3.03. The topological polar surface area (TPSA) is 74.6 Å². The van der Waals surface area contributed by atoms with Gasteiger partial charge in [0.15, 0.2) is 0 Å². The van der Waals surface area contributed by atoms with E-state index in [0.717, 1.165) is 44.9 Å². The standard InChI is InChI=1S/C29H42O4/c1-6-27(3,26(32)33)13-7-8-18(2)25-24(31)17-23-21-10-9-19-16-20(30)11-14-28(19,4)22(21)12-15-29(23,25)5/h1,9,18,20-23,25,30H,7-8,10-17H2,2-5H3,(H,32,33)/t18?,20?,21?,22?,23?,25-,27+,28-,29-/m0/s1. The first-order chi connectivity index (χ1) is 15.5. The van der Waals surface area contributed by atoms with E-state index in [4.69, 9.17) is 6.42 Å². The van der Waals surface area contributed by atoms with Crippen molar-refractivity contribution in [2.45, 2.75) is 98.0 Å². The fraction of sp³-hybridized carbons (Fsp3) is 0.793. The number of aliphatic hydroxyl groups is 1. The van der Waals surface area contributed by atoms with Crippen LogP contribution in [0.25, 0.3) is 0 Å². The van der Waals surface area contributed by atoms with Crippen molar-refractivity contribution in [3.63, 3.8) is 0 Å². The van der Waals surface area contributed by atoms with Gasteiger partial charge in [0.2, 0.25) is 0 Å². The van der Waals surface area contributed by atoms with Crippen LogP contribution in [-0.4, -0.2) is 28.1 Å². The lowest BCUT2D eigenvalue weighted by molar-refractivity contribution is -0.145. The van der Waals surface area contributed by atoms with Crippen LogP contribution in [0.3, 0.4) is 0 Å². The van der Waals surface area contributed by atoms with Crippen molar-refractivity contribution >= 4 is 11.8 Å². The molecule has 0 aliphatic heterocycles. The van der Waals surface area contributed by atoms with Crippen LogP contribution in [0.4, 0.5) is 0 Å². The van der Waals surface area contributed by atoms with Gasteiger partial charge in [-0.3, -0.25) is 9.59 Å². The molecule has 0 radical (unpaired) electrons. The summed E-state index contributed by atoms with van der Waals surface area (Å²) < 4.78 is 0. The molecule has 3 fully saturated rings. The monoisotopic (exact) mass is 454 g/mol. The van der Waals surface area contributed by atoms with Gasteiger partial charge >= 0.3 is 5.97 Å². The molecule has 0 bridgehead atoms. The molecular weight excluding hydrogens is 412 g/mol. The summed E-state index contributed by atoms with van der Waals surface area (Å²) in [5.41, 5.74) is 0.567. The fourth-order valence-electron chi connectivity index (χ4n) is 8.62. The van der Waals surface area contributed by atoms with E-state index in [9.17, 15) is 19.8 Å². The first kappa shape index (κ1) is 24.5. The molecule has 4 nitrogen and oxygen atoms in total. The number of hydrogen-bond acceptors (Lipinski definition) is 3. The normalized spacial score (nSPS) is 42.7. The minimum absolute atomic E-state index is 0.0375. The van der Waals surface area contributed by atoms with E-state index >= 15 is 0 Å². The van der Waals surface area contributed by atoms with Crippen molar-refractivity contribution in [3.05, 3.63) is 11.6 Å². The maximum absolute atomic E-state index is 13.4. The molecule has 5 unspecified atom stereocenters. The summed E-state index contributed by atoms with van der Waals surface area (Å²) in [7, 11) is 0. The van der Waals surface area contributed by atoms with Gasteiger partial charge < -0.3 is 10.2 Å². The highest BCUT2D eigenvalue weighted by Crippen LogP contribution is 2.66. The summed E-state index contributed by atoms with van der Waals surface area (Å²) in [6.07, 6.45) is 16.6. The third-order valence-electron chi connectivity index (χ3n) is 10.7. The minimum Gasteiger partial charge on any atom is -0.480 e. The minimum atomic E-state index is -1.13. The van der Waals surface area contributed by atoms with Gasteiger partial charge in [0.25, 0.3) is 0 Å². The van der Waals surface area contributed by atoms with Crippen LogP contribution in [0, 0.1) is 58.2 Å².